The van der Waals surface area contributed by atoms with E-state index in [0.717, 1.165) is 31.6 Å². The van der Waals surface area contributed by atoms with Crippen LogP contribution in [0.2, 0.25) is 0 Å². The number of hydrogen-bond donors (Lipinski definition) is 1. The van der Waals surface area contributed by atoms with Crippen molar-refractivity contribution in [2.45, 2.75) is 65.3 Å². The highest BCUT2D eigenvalue weighted by molar-refractivity contribution is 5.77. The number of rotatable bonds is 6. The Morgan fingerprint density at radius 2 is 1.96 bits per heavy atom. The van der Waals surface area contributed by atoms with Crippen molar-refractivity contribution < 1.29 is 19.4 Å². The molecule has 2 fully saturated rings. The molecule has 1 saturated heterocycles. The largest absolute Gasteiger partial charge is 0.395 e. The first kappa shape index (κ1) is 18.8. The van der Waals surface area contributed by atoms with E-state index in [9.17, 15) is 4.79 Å². The Morgan fingerprint density at radius 3 is 2.48 bits per heavy atom. The summed E-state index contributed by atoms with van der Waals surface area (Å²) in [6.07, 6.45) is 4.19. The van der Waals surface area contributed by atoms with E-state index >= 15 is 0 Å². The van der Waals surface area contributed by atoms with E-state index in [4.69, 9.17) is 14.6 Å². The molecule has 1 heterocycles. The highest BCUT2D eigenvalue weighted by Gasteiger charge is 2.46. The summed E-state index contributed by atoms with van der Waals surface area (Å²) in [6.45, 7) is 10.6. The lowest BCUT2D eigenvalue weighted by Crippen LogP contribution is -2.41. The van der Waals surface area contributed by atoms with Crippen molar-refractivity contribution in [2.75, 3.05) is 32.8 Å². The molecule has 0 amide bonds. The van der Waals surface area contributed by atoms with Crippen molar-refractivity contribution in [3.05, 3.63) is 0 Å². The number of carbonyl (C=O) groups excluding carboxylic acids is 1. The smallest absolute Gasteiger partial charge is 0.168 e. The van der Waals surface area contributed by atoms with Gasteiger partial charge in [0.2, 0.25) is 0 Å². The third kappa shape index (κ3) is 5.24. The molecule has 2 rings (SSSR count). The summed E-state index contributed by atoms with van der Waals surface area (Å²) in [6, 6.07) is 0. The van der Waals surface area contributed by atoms with Gasteiger partial charge in [0, 0.05) is 25.9 Å². The van der Waals surface area contributed by atoms with Gasteiger partial charge in [-0.25, -0.2) is 0 Å². The molecule has 1 atom stereocenters. The van der Waals surface area contributed by atoms with E-state index in [1.54, 1.807) is 6.92 Å². The van der Waals surface area contributed by atoms with Crippen LogP contribution < -0.4 is 0 Å². The first-order valence-electron chi connectivity index (χ1n) is 8.88. The van der Waals surface area contributed by atoms with Crippen LogP contribution >= 0.6 is 0 Å². The predicted molar refractivity (Wildman–Crippen MR) is 89.2 cm³/mol. The molecule has 134 valence electrons. The Labute approximate surface area is 140 Å². The van der Waals surface area contributed by atoms with Crippen LogP contribution in [0, 0.1) is 11.3 Å². The summed E-state index contributed by atoms with van der Waals surface area (Å²) in [5, 5.41) is 9.15. The molecule has 1 N–H and O–H groups in total. The van der Waals surface area contributed by atoms with Crippen molar-refractivity contribution >= 4 is 5.78 Å². The van der Waals surface area contributed by atoms with Crippen LogP contribution in [0.15, 0.2) is 0 Å². The average Bonchev–Trinajstić information content (AvgIpc) is 2.80. The van der Waals surface area contributed by atoms with E-state index in [2.05, 4.69) is 20.8 Å². The monoisotopic (exact) mass is 327 g/mol. The van der Waals surface area contributed by atoms with Crippen LogP contribution in [0.25, 0.3) is 0 Å². The molecule has 1 saturated carbocycles. The van der Waals surface area contributed by atoms with Gasteiger partial charge in [-0.1, -0.05) is 20.8 Å². The van der Waals surface area contributed by atoms with Crippen LogP contribution in [-0.2, 0) is 14.3 Å². The maximum Gasteiger partial charge on any atom is 0.168 e. The Kier molecular flexibility index (Phi) is 6.22. The van der Waals surface area contributed by atoms with Gasteiger partial charge < -0.3 is 14.6 Å². The molecule has 1 aliphatic carbocycles. The van der Waals surface area contributed by atoms with Gasteiger partial charge in [0.05, 0.1) is 25.9 Å². The van der Waals surface area contributed by atoms with Gasteiger partial charge in [-0.3, -0.25) is 9.69 Å². The fourth-order valence-electron chi connectivity index (χ4n) is 3.87. The summed E-state index contributed by atoms with van der Waals surface area (Å²) in [4.78, 5) is 13.3. The molecule has 23 heavy (non-hydrogen) atoms. The number of aliphatic hydroxyl groups excluding tert-OH is 1. The number of Topliss-reactive ketones (excluding diaryl/α,β-unsaturated/α-hetero) is 1. The molecule has 0 radical (unpaired) electrons. The zero-order valence-electron chi connectivity index (χ0n) is 15.1. The molecule has 1 unspecified atom stereocenters. The van der Waals surface area contributed by atoms with E-state index in [1.807, 2.05) is 4.90 Å². The minimum absolute atomic E-state index is 0.00733. The van der Waals surface area contributed by atoms with Crippen molar-refractivity contribution in [1.82, 2.24) is 4.90 Å². The highest BCUT2D eigenvalue weighted by atomic mass is 16.7. The zero-order valence-corrected chi connectivity index (χ0v) is 15.1. The van der Waals surface area contributed by atoms with Crippen LogP contribution in [-0.4, -0.2) is 60.5 Å². The Hall–Kier alpha value is -0.490. The van der Waals surface area contributed by atoms with Gasteiger partial charge in [-0.05, 0) is 31.1 Å². The predicted octanol–water partition coefficient (Wildman–Crippen LogP) is 2.22. The Bertz CT molecular complexity index is 396. The quantitative estimate of drug-likeness (QED) is 0.810. The van der Waals surface area contributed by atoms with Crippen LogP contribution in [0.3, 0.4) is 0 Å². The number of carbonyl (C=O) groups is 1. The van der Waals surface area contributed by atoms with Crippen molar-refractivity contribution in [3.8, 4) is 0 Å². The molecule has 2 aliphatic rings. The SMILES string of the molecule is CC(=O)CN(CCO)CC1COC2(CCC(C(C)(C)C)CC2)O1. The maximum absolute atomic E-state index is 11.3. The second kappa shape index (κ2) is 7.60. The van der Waals surface area contributed by atoms with E-state index in [1.165, 1.54) is 0 Å². The topological polar surface area (TPSA) is 59.0 Å². The standard InChI is InChI=1S/C18H33NO4/c1-14(21)11-19(9-10-20)12-16-13-22-18(23-16)7-5-15(6-8-18)17(2,3)4/h15-16,20H,5-13H2,1-4H3. The van der Waals surface area contributed by atoms with Crippen LogP contribution in [0.1, 0.15) is 53.4 Å². The molecule has 0 bridgehead atoms. The summed E-state index contributed by atoms with van der Waals surface area (Å²) in [5.74, 6) is 0.425. The van der Waals surface area contributed by atoms with E-state index < -0.39 is 5.79 Å². The Balaban J connectivity index is 1.85. The molecule has 1 spiro atoms. The number of nitrogens with zero attached hydrogens (tertiary/aromatic N) is 1. The van der Waals surface area contributed by atoms with Crippen molar-refractivity contribution in [2.24, 2.45) is 11.3 Å². The normalized spacial score (nSPS) is 31.9. The summed E-state index contributed by atoms with van der Waals surface area (Å²) >= 11 is 0. The summed E-state index contributed by atoms with van der Waals surface area (Å²) in [7, 11) is 0. The lowest BCUT2D eigenvalue weighted by molar-refractivity contribution is -0.197. The molecule has 0 aromatic heterocycles. The van der Waals surface area contributed by atoms with Crippen molar-refractivity contribution in [3.63, 3.8) is 0 Å². The van der Waals surface area contributed by atoms with Crippen LogP contribution in [0.4, 0.5) is 0 Å². The number of ketones is 1. The average molecular weight is 327 g/mol. The summed E-state index contributed by atoms with van der Waals surface area (Å²) < 4.78 is 12.3. The fraction of sp³-hybridized carbons (Fsp3) is 0.944. The van der Waals surface area contributed by atoms with Gasteiger partial charge >= 0.3 is 0 Å². The van der Waals surface area contributed by atoms with Gasteiger partial charge in [-0.2, -0.15) is 0 Å². The number of aliphatic hydroxyl groups is 1. The fourth-order valence-corrected chi connectivity index (χ4v) is 3.87. The first-order valence-corrected chi connectivity index (χ1v) is 8.88. The summed E-state index contributed by atoms with van der Waals surface area (Å²) in [5.41, 5.74) is 0.346. The van der Waals surface area contributed by atoms with Gasteiger partial charge in [0.25, 0.3) is 0 Å². The minimum Gasteiger partial charge on any atom is -0.395 e. The van der Waals surface area contributed by atoms with Gasteiger partial charge in [0.1, 0.15) is 5.78 Å². The minimum atomic E-state index is -0.409. The maximum atomic E-state index is 11.3. The van der Waals surface area contributed by atoms with Crippen LogP contribution in [0.5, 0.6) is 0 Å². The third-order valence-corrected chi connectivity index (χ3v) is 5.21. The first-order chi connectivity index (χ1) is 10.7. The highest BCUT2D eigenvalue weighted by Crippen LogP contribution is 2.45. The lowest BCUT2D eigenvalue weighted by Gasteiger charge is -2.41. The Morgan fingerprint density at radius 1 is 1.30 bits per heavy atom. The molecular weight excluding hydrogens is 294 g/mol. The van der Waals surface area contributed by atoms with Gasteiger partial charge in [0.15, 0.2) is 5.79 Å². The number of hydrogen-bond acceptors (Lipinski definition) is 5. The lowest BCUT2D eigenvalue weighted by atomic mass is 9.71. The second-order valence-electron chi connectivity index (χ2n) is 8.26. The molecule has 5 heteroatoms. The second-order valence-corrected chi connectivity index (χ2v) is 8.26. The van der Waals surface area contributed by atoms with E-state index in [-0.39, 0.29) is 18.5 Å². The molecule has 1 aliphatic heterocycles. The molecule has 0 aromatic rings. The molecule has 0 aromatic carbocycles. The zero-order chi connectivity index (χ0) is 17.1. The molecule has 5 nitrogen and oxygen atoms in total. The third-order valence-electron chi connectivity index (χ3n) is 5.21. The van der Waals surface area contributed by atoms with Gasteiger partial charge in [-0.15, -0.1) is 0 Å². The van der Waals surface area contributed by atoms with Crippen molar-refractivity contribution in [1.29, 1.82) is 0 Å². The van der Waals surface area contributed by atoms with E-state index in [0.29, 0.717) is 31.7 Å². The molecular formula is C18H33NO4. The number of ether oxygens (including phenoxy) is 2.